The standard InChI is InChI=1S/C15H17P/c1-11(2)12-7-3-4-8-13(12)14-9-5-6-10-15(14)16/h3-11H,16H2,1-2H3. The molecule has 82 valence electrons. The van der Waals surface area contributed by atoms with E-state index < -0.39 is 0 Å². The molecule has 0 saturated heterocycles. The van der Waals surface area contributed by atoms with Crippen LogP contribution in [0, 0.1) is 0 Å². The van der Waals surface area contributed by atoms with Crippen molar-refractivity contribution < 1.29 is 0 Å². The van der Waals surface area contributed by atoms with Crippen LogP contribution in [0.1, 0.15) is 25.3 Å². The molecule has 1 heteroatoms. The van der Waals surface area contributed by atoms with Crippen LogP contribution in [0.25, 0.3) is 11.1 Å². The summed E-state index contributed by atoms with van der Waals surface area (Å²) in [6.45, 7) is 4.48. The van der Waals surface area contributed by atoms with Gasteiger partial charge in [-0.1, -0.05) is 62.4 Å². The summed E-state index contributed by atoms with van der Waals surface area (Å²) in [7, 11) is 2.81. The second-order valence-electron chi connectivity index (χ2n) is 4.33. The lowest BCUT2D eigenvalue weighted by Crippen LogP contribution is -1.99. The van der Waals surface area contributed by atoms with Gasteiger partial charge in [0.25, 0.3) is 0 Å². The summed E-state index contributed by atoms with van der Waals surface area (Å²) < 4.78 is 0. The molecule has 1 unspecified atom stereocenters. The molecule has 0 aliphatic rings. The average Bonchev–Trinajstić information content (AvgIpc) is 2.29. The molecule has 0 bridgehead atoms. The van der Waals surface area contributed by atoms with Crippen molar-refractivity contribution in [1.29, 1.82) is 0 Å². The van der Waals surface area contributed by atoms with Crippen LogP contribution in [0.4, 0.5) is 0 Å². The maximum atomic E-state index is 2.81. The van der Waals surface area contributed by atoms with Gasteiger partial charge in [0.05, 0.1) is 0 Å². The summed E-state index contributed by atoms with van der Waals surface area (Å²) in [6.07, 6.45) is 0. The zero-order valence-electron chi connectivity index (χ0n) is 9.77. The lowest BCUT2D eigenvalue weighted by molar-refractivity contribution is 0.869. The van der Waals surface area contributed by atoms with Gasteiger partial charge in [-0.2, -0.15) is 0 Å². The molecule has 2 rings (SSSR count). The summed E-state index contributed by atoms with van der Waals surface area (Å²) in [5.74, 6) is 0.556. The van der Waals surface area contributed by atoms with E-state index in [0.717, 1.165) is 0 Å². The van der Waals surface area contributed by atoms with Crippen molar-refractivity contribution in [2.24, 2.45) is 0 Å². The molecule has 0 amide bonds. The first-order chi connectivity index (χ1) is 7.70. The average molecular weight is 228 g/mol. The summed E-state index contributed by atoms with van der Waals surface area (Å²) in [6, 6.07) is 17.1. The molecule has 2 aromatic carbocycles. The van der Waals surface area contributed by atoms with Gasteiger partial charge in [0.2, 0.25) is 0 Å². The molecule has 0 nitrogen and oxygen atoms in total. The highest BCUT2D eigenvalue weighted by molar-refractivity contribution is 7.28. The van der Waals surface area contributed by atoms with Gasteiger partial charge in [0.15, 0.2) is 0 Å². The molecule has 0 aliphatic carbocycles. The summed E-state index contributed by atoms with van der Waals surface area (Å²) in [4.78, 5) is 0. The first kappa shape index (κ1) is 11.4. The van der Waals surface area contributed by atoms with E-state index in [1.165, 1.54) is 22.0 Å². The van der Waals surface area contributed by atoms with Gasteiger partial charge >= 0.3 is 0 Å². The Balaban J connectivity index is 2.60. The fourth-order valence-corrected chi connectivity index (χ4v) is 2.35. The molecule has 0 aromatic heterocycles. The van der Waals surface area contributed by atoms with Gasteiger partial charge in [-0.05, 0) is 27.9 Å². The molecule has 0 fully saturated rings. The van der Waals surface area contributed by atoms with Crippen molar-refractivity contribution >= 4 is 14.5 Å². The van der Waals surface area contributed by atoms with Crippen molar-refractivity contribution in [3.63, 3.8) is 0 Å². The second-order valence-corrected chi connectivity index (χ2v) is 4.95. The molecular formula is C15H17P. The highest BCUT2D eigenvalue weighted by Crippen LogP contribution is 2.28. The molecule has 0 radical (unpaired) electrons. The quantitative estimate of drug-likeness (QED) is 0.682. The Bertz CT molecular complexity index is 486. The molecule has 2 aromatic rings. The highest BCUT2D eigenvalue weighted by atomic mass is 31.0. The lowest BCUT2D eigenvalue weighted by Gasteiger charge is -2.14. The van der Waals surface area contributed by atoms with Crippen LogP contribution in [0.3, 0.4) is 0 Å². The van der Waals surface area contributed by atoms with Crippen molar-refractivity contribution in [2.75, 3.05) is 0 Å². The normalized spacial score (nSPS) is 10.8. The molecule has 0 saturated carbocycles. The zero-order valence-corrected chi connectivity index (χ0v) is 10.9. The largest absolute Gasteiger partial charge is 0.105 e. The van der Waals surface area contributed by atoms with E-state index in [9.17, 15) is 0 Å². The predicted octanol–water partition coefficient (Wildman–Crippen LogP) is 3.98. The van der Waals surface area contributed by atoms with Gasteiger partial charge < -0.3 is 0 Å². The SMILES string of the molecule is CC(C)c1ccccc1-c1ccccc1P. The van der Waals surface area contributed by atoms with E-state index in [-0.39, 0.29) is 0 Å². The van der Waals surface area contributed by atoms with Crippen molar-refractivity contribution in [1.82, 2.24) is 0 Å². The maximum absolute atomic E-state index is 2.81. The molecule has 0 aliphatic heterocycles. The number of benzene rings is 2. The zero-order chi connectivity index (χ0) is 11.5. The molecule has 0 spiro atoms. The summed E-state index contributed by atoms with van der Waals surface area (Å²) in [5.41, 5.74) is 4.08. The smallest absolute Gasteiger partial charge is 0.0109 e. The minimum Gasteiger partial charge on any atom is -0.105 e. The van der Waals surface area contributed by atoms with E-state index in [2.05, 4.69) is 71.6 Å². The third-order valence-corrected chi connectivity index (χ3v) is 3.34. The van der Waals surface area contributed by atoms with Crippen molar-refractivity contribution in [3.8, 4) is 11.1 Å². The third-order valence-electron chi connectivity index (χ3n) is 2.83. The summed E-state index contributed by atoms with van der Waals surface area (Å²) in [5, 5.41) is 1.26. The van der Waals surface area contributed by atoms with E-state index >= 15 is 0 Å². The fraction of sp³-hybridized carbons (Fsp3) is 0.200. The lowest BCUT2D eigenvalue weighted by atomic mass is 9.93. The molecule has 0 heterocycles. The maximum Gasteiger partial charge on any atom is -0.0109 e. The Morgan fingerprint density at radius 2 is 1.38 bits per heavy atom. The fourth-order valence-electron chi connectivity index (χ4n) is 1.99. The van der Waals surface area contributed by atoms with Crippen LogP contribution >= 0.6 is 9.24 Å². The Morgan fingerprint density at radius 3 is 2.00 bits per heavy atom. The summed E-state index contributed by atoms with van der Waals surface area (Å²) >= 11 is 0. The number of hydrogen-bond acceptors (Lipinski definition) is 0. The van der Waals surface area contributed by atoms with Crippen LogP contribution in [0.15, 0.2) is 48.5 Å². The second kappa shape index (κ2) is 4.80. The van der Waals surface area contributed by atoms with Gasteiger partial charge in [-0.25, -0.2) is 0 Å². The monoisotopic (exact) mass is 228 g/mol. The third kappa shape index (κ3) is 2.18. The minimum absolute atomic E-state index is 0.556. The van der Waals surface area contributed by atoms with E-state index in [1.54, 1.807) is 0 Å². The molecule has 16 heavy (non-hydrogen) atoms. The van der Waals surface area contributed by atoms with Crippen LogP contribution in [0.5, 0.6) is 0 Å². The van der Waals surface area contributed by atoms with E-state index in [1.807, 2.05) is 0 Å². The molecular weight excluding hydrogens is 211 g/mol. The Kier molecular flexibility index (Phi) is 3.41. The van der Waals surface area contributed by atoms with Crippen LogP contribution in [-0.2, 0) is 0 Å². The molecule has 1 atom stereocenters. The van der Waals surface area contributed by atoms with Gasteiger partial charge in [-0.3, -0.25) is 0 Å². The van der Waals surface area contributed by atoms with E-state index in [4.69, 9.17) is 0 Å². The topological polar surface area (TPSA) is 0 Å². The van der Waals surface area contributed by atoms with Gasteiger partial charge in [0, 0.05) is 0 Å². The number of rotatable bonds is 2. The minimum atomic E-state index is 0.556. The number of hydrogen-bond donors (Lipinski definition) is 0. The van der Waals surface area contributed by atoms with Gasteiger partial charge in [0.1, 0.15) is 0 Å². The van der Waals surface area contributed by atoms with Crippen LogP contribution < -0.4 is 5.30 Å². The Morgan fingerprint density at radius 1 is 0.812 bits per heavy atom. The Hall–Kier alpha value is -1.13. The predicted molar refractivity (Wildman–Crippen MR) is 75.3 cm³/mol. The first-order valence-corrected chi connectivity index (χ1v) is 6.21. The van der Waals surface area contributed by atoms with Crippen molar-refractivity contribution in [2.45, 2.75) is 19.8 Å². The molecule has 0 N–H and O–H groups in total. The van der Waals surface area contributed by atoms with E-state index in [0.29, 0.717) is 5.92 Å². The highest BCUT2D eigenvalue weighted by Gasteiger charge is 2.08. The van der Waals surface area contributed by atoms with Crippen LogP contribution in [0.2, 0.25) is 0 Å². The van der Waals surface area contributed by atoms with Gasteiger partial charge in [-0.15, -0.1) is 9.24 Å². The first-order valence-electron chi connectivity index (χ1n) is 5.64. The Labute approximate surface area is 99.9 Å². The van der Waals surface area contributed by atoms with Crippen molar-refractivity contribution in [3.05, 3.63) is 54.1 Å². The van der Waals surface area contributed by atoms with Crippen LogP contribution in [-0.4, -0.2) is 0 Å².